The summed E-state index contributed by atoms with van der Waals surface area (Å²) >= 11 is 5.99. The number of hydrogen-bond acceptors (Lipinski definition) is 4. The van der Waals surface area contributed by atoms with Crippen molar-refractivity contribution in [3.63, 3.8) is 0 Å². The van der Waals surface area contributed by atoms with Crippen LogP contribution in [0.5, 0.6) is 5.75 Å². The van der Waals surface area contributed by atoms with Gasteiger partial charge in [-0.05, 0) is 69.2 Å². The molecule has 2 aromatic rings. The first-order valence-corrected chi connectivity index (χ1v) is 8.71. The molecule has 0 heterocycles. The van der Waals surface area contributed by atoms with E-state index in [1.807, 2.05) is 6.92 Å². The third kappa shape index (κ3) is 4.76. The molecule has 138 valence electrons. The SMILES string of the molecule is CCOC(=O)c1cccc(NC(=O)[C@H](C)Oc2ccc(Cl)c(C)c2)c1C. The number of carbonyl (C=O) groups is 2. The van der Waals surface area contributed by atoms with Gasteiger partial charge in [0.2, 0.25) is 0 Å². The number of rotatable bonds is 6. The van der Waals surface area contributed by atoms with Gasteiger partial charge < -0.3 is 14.8 Å². The predicted molar refractivity (Wildman–Crippen MR) is 102 cm³/mol. The van der Waals surface area contributed by atoms with E-state index >= 15 is 0 Å². The van der Waals surface area contributed by atoms with Crippen molar-refractivity contribution in [2.75, 3.05) is 11.9 Å². The Balaban J connectivity index is 2.10. The van der Waals surface area contributed by atoms with Gasteiger partial charge in [0.15, 0.2) is 6.10 Å². The van der Waals surface area contributed by atoms with Crippen molar-refractivity contribution in [1.29, 1.82) is 0 Å². The smallest absolute Gasteiger partial charge is 0.338 e. The zero-order chi connectivity index (χ0) is 19.3. The maximum Gasteiger partial charge on any atom is 0.338 e. The van der Waals surface area contributed by atoms with E-state index < -0.39 is 12.1 Å². The Labute approximate surface area is 158 Å². The number of halogens is 1. The average Bonchev–Trinajstić information content (AvgIpc) is 2.60. The van der Waals surface area contributed by atoms with Gasteiger partial charge >= 0.3 is 5.97 Å². The lowest BCUT2D eigenvalue weighted by molar-refractivity contribution is -0.122. The molecule has 0 aliphatic heterocycles. The molecule has 0 spiro atoms. The summed E-state index contributed by atoms with van der Waals surface area (Å²) in [6.45, 7) is 7.32. The van der Waals surface area contributed by atoms with Crippen molar-refractivity contribution in [2.45, 2.75) is 33.8 Å². The lowest BCUT2D eigenvalue weighted by Crippen LogP contribution is -2.30. The van der Waals surface area contributed by atoms with E-state index in [1.165, 1.54) is 0 Å². The second-order valence-electron chi connectivity index (χ2n) is 5.86. The van der Waals surface area contributed by atoms with E-state index in [0.717, 1.165) is 5.56 Å². The van der Waals surface area contributed by atoms with Gasteiger partial charge in [-0.1, -0.05) is 17.7 Å². The number of hydrogen-bond donors (Lipinski definition) is 1. The molecule has 0 aliphatic carbocycles. The van der Waals surface area contributed by atoms with Crippen molar-refractivity contribution in [3.8, 4) is 5.75 Å². The summed E-state index contributed by atoms with van der Waals surface area (Å²) in [4.78, 5) is 24.4. The quantitative estimate of drug-likeness (QED) is 0.753. The first-order valence-electron chi connectivity index (χ1n) is 8.34. The molecular formula is C20H22ClNO4. The molecule has 0 unspecified atom stereocenters. The number of ether oxygens (including phenoxy) is 2. The van der Waals surface area contributed by atoms with Crippen molar-refractivity contribution < 1.29 is 19.1 Å². The number of esters is 1. The molecule has 0 bridgehead atoms. The molecule has 26 heavy (non-hydrogen) atoms. The van der Waals surface area contributed by atoms with Crippen molar-refractivity contribution in [1.82, 2.24) is 0 Å². The molecule has 0 aliphatic rings. The van der Waals surface area contributed by atoms with Gasteiger partial charge in [-0.3, -0.25) is 4.79 Å². The van der Waals surface area contributed by atoms with E-state index in [0.29, 0.717) is 34.2 Å². The molecule has 1 amide bonds. The van der Waals surface area contributed by atoms with Crippen molar-refractivity contribution in [3.05, 3.63) is 58.1 Å². The Hall–Kier alpha value is -2.53. The minimum Gasteiger partial charge on any atom is -0.481 e. The van der Waals surface area contributed by atoms with Crippen molar-refractivity contribution >= 4 is 29.2 Å². The molecule has 1 atom stereocenters. The molecule has 2 rings (SSSR count). The van der Waals surface area contributed by atoms with Crippen LogP contribution < -0.4 is 10.1 Å². The van der Waals surface area contributed by atoms with Gasteiger partial charge in [0.25, 0.3) is 5.91 Å². The first kappa shape index (κ1) is 19.8. The molecular weight excluding hydrogens is 354 g/mol. The summed E-state index contributed by atoms with van der Waals surface area (Å²) in [5.41, 5.74) is 2.48. The molecule has 0 saturated carbocycles. The van der Waals surface area contributed by atoms with Crippen LogP contribution in [-0.4, -0.2) is 24.6 Å². The van der Waals surface area contributed by atoms with Crippen LogP contribution in [0.25, 0.3) is 0 Å². The molecule has 1 N–H and O–H groups in total. The molecule has 0 radical (unpaired) electrons. The molecule has 0 fully saturated rings. The molecule has 0 aromatic heterocycles. The van der Waals surface area contributed by atoms with Crippen LogP contribution in [0.1, 0.15) is 35.3 Å². The Bertz CT molecular complexity index is 819. The summed E-state index contributed by atoms with van der Waals surface area (Å²) in [5.74, 6) is -0.171. The van der Waals surface area contributed by atoms with Crippen LogP contribution >= 0.6 is 11.6 Å². The third-order valence-corrected chi connectivity index (χ3v) is 4.32. The highest BCUT2D eigenvalue weighted by Crippen LogP contribution is 2.23. The summed E-state index contributed by atoms with van der Waals surface area (Å²) in [6, 6.07) is 10.3. The fourth-order valence-electron chi connectivity index (χ4n) is 2.38. The van der Waals surface area contributed by atoms with E-state index in [9.17, 15) is 9.59 Å². The van der Waals surface area contributed by atoms with Gasteiger partial charge in [-0.25, -0.2) is 4.79 Å². The van der Waals surface area contributed by atoms with Crippen LogP contribution in [0.3, 0.4) is 0 Å². The summed E-state index contributed by atoms with van der Waals surface area (Å²) in [5, 5.41) is 3.44. The largest absolute Gasteiger partial charge is 0.481 e. The topological polar surface area (TPSA) is 64.6 Å². The number of anilines is 1. The maximum absolute atomic E-state index is 12.4. The van der Waals surface area contributed by atoms with E-state index in [-0.39, 0.29) is 5.91 Å². The second kappa shape index (κ2) is 8.72. The zero-order valence-corrected chi connectivity index (χ0v) is 16.0. The van der Waals surface area contributed by atoms with Crippen LogP contribution in [0, 0.1) is 13.8 Å². The molecule has 0 saturated heterocycles. The first-order chi connectivity index (χ1) is 12.3. The summed E-state index contributed by atoms with van der Waals surface area (Å²) < 4.78 is 10.7. The van der Waals surface area contributed by atoms with Crippen molar-refractivity contribution in [2.24, 2.45) is 0 Å². The summed E-state index contributed by atoms with van der Waals surface area (Å²) in [6.07, 6.45) is -0.721. The van der Waals surface area contributed by atoms with E-state index in [1.54, 1.807) is 57.2 Å². The number of aryl methyl sites for hydroxylation is 1. The number of carbonyl (C=O) groups excluding carboxylic acids is 2. The van der Waals surface area contributed by atoms with Crippen LogP contribution in [-0.2, 0) is 9.53 Å². The minimum absolute atomic E-state index is 0.292. The maximum atomic E-state index is 12.4. The Kier molecular flexibility index (Phi) is 6.64. The van der Waals surface area contributed by atoms with E-state index in [4.69, 9.17) is 21.1 Å². The third-order valence-electron chi connectivity index (χ3n) is 3.90. The number of nitrogens with one attached hydrogen (secondary N) is 1. The molecule has 6 heteroatoms. The number of amides is 1. The number of benzene rings is 2. The molecule has 5 nitrogen and oxygen atoms in total. The van der Waals surface area contributed by atoms with Gasteiger partial charge in [0, 0.05) is 10.7 Å². The fourth-order valence-corrected chi connectivity index (χ4v) is 2.50. The highest BCUT2D eigenvalue weighted by atomic mass is 35.5. The fraction of sp³-hybridized carbons (Fsp3) is 0.300. The Morgan fingerprint density at radius 2 is 1.92 bits per heavy atom. The Morgan fingerprint density at radius 1 is 1.19 bits per heavy atom. The predicted octanol–water partition coefficient (Wildman–Crippen LogP) is 4.54. The Morgan fingerprint density at radius 3 is 2.58 bits per heavy atom. The highest BCUT2D eigenvalue weighted by Gasteiger charge is 2.18. The second-order valence-corrected chi connectivity index (χ2v) is 6.27. The highest BCUT2D eigenvalue weighted by molar-refractivity contribution is 6.31. The van der Waals surface area contributed by atoms with Gasteiger partial charge in [0.1, 0.15) is 5.75 Å². The average molecular weight is 376 g/mol. The lowest BCUT2D eigenvalue weighted by atomic mass is 10.1. The van der Waals surface area contributed by atoms with Gasteiger partial charge in [-0.2, -0.15) is 0 Å². The standard InChI is InChI=1S/C20H22ClNO4/c1-5-25-20(24)16-7-6-8-18(13(16)3)22-19(23)14(4)26-15-9-10-17(21)12(2)11-15/h6-11,14H,5H2,1-4H3,(H,22,23)/t14-/m0/s1. The minimum atomic E-state index is -0.721. The normalized spacial score (nSPS) is 11.6. The van der Waals surface area contributed by atoms with Gasteiger partial charge in [0.05, 0.1) is 12.2 Å². The van der Waals surface area contributed by atoms with Gasteiger partial charge in [-0.15, -0.1) is 0 Å². The zero-order valence-electron chi connectivity index (χ0n) is 15.3. The summed E-state index contributed by atoms with van der Waals surface area (Å²) in [7, 11) is 0. The van der Waals surface area contributed by atoms with E-state index in [2.05, 4.69) is 5.32 Å². The van der Waals surface area contributed by atoms with Crippen LogP contribution in [0.4, 0.5) is 5.69 Å². The monoisotopic (exact) mass is 375 g/mol. The van der Waals surface area contributed by atoms with Crippen LogP contribution in [0.2, 0.25) is 5.02 Å². The lowest BCUT2D eigenvalue weighted by Gasteiger charge is -2.17. The van der Waals surface area contributed by atoms with Crippen LogP contribution in [0.15, 0.2) is 36.4 Å². The molecule has 2 aromatic carbocycles.